The van der Waals surface area contributed by atoms with Gasteiger partial charge in [0.1, 0.15) is 5.69 Å². The summed E-state index contributed by atoms with van der Waals surface area (Å²) in [7, 11) is 0. The number of thiazole rings is 1. The van der Waals surface area contributed by atoms with Crippen molar-refractivity contribution in [1.82, 2.24) is 14.9 Å². The molecule has 2 bridgehead atoms. The van der Waals surface area contributed by atoms with Crippen molar-refractivity contribution in [2.24, 2.45) is 17.8 Å². The van der Waals surface area contributed by atoms with Gasteiger partial charge in [0.15, 0.2) is 5.01 Å². The molecule has 2 saturated carbocycles. The fourth-order valence-electron chi connectivity index (χ4n) is 9.54. The number of fused-ring (bicyclic) bond motifs is 5. The molecule has 2 aromatic heterocycles. The third-order valence-corrected chi connectivity index (χ3v) is 12.0. The number of nitrogens with one attached hydrogen (secondary N) is 2. The first kappa shape index (κ1) is 32.9. The van der Waals surface area contributed by atoms with E-state index in [4.69, 9.17) is 6.42 Å². The van der Waals surface area contributed by atoms with Crippen LogP contribution < -0.4 is 5.32 Å². The van der Waals surface area contributed by atoms with Gasteiger partial charge in [-0.15, -0.1) is 17.8 Å². The number of anilines is 1. The van der Waals surface area contributed by atoms with E-state index < -0.39 is 0 Å². The fraction of sp³-hybridized carbons (Fsp3) is 0.512. The molecule has 3 aliphatic rings. The van der Waals surface area contributed by atoms with Gasteiger partial charge in [0.2, 0.25) is 0 Å². The van der Waals surface area contributed by atoms with Crippen LogP contribution in [-0.2, 0) is 12.8 Å². The van der Waals surface area contributed by atoms with E-state index in [1.807, 2.05) is 5.38 Å². The van der Waals surface area contributed by atoms with Crippen LogP contribution in [0.2, 0.25) is 0 Å². The summed E-state index contributed by atoms with van der Waals surface area (Å²) in [5, 5.41) is 17.0. The topological polar surface area (TPSA) is 81.2 Å². The number of aryl methyl sites for hydroxylation is 1. The normalized spacial score (nSPS) is 26.6. The molecule has 4 aromatic rings. The largest absolute Gasteiger partial charge is 0.396 e. The molecule has 4 unspecified atom stereocenters. The number of aliphatic hydroxyl groups is 1. The first-order chi connectivity index (χ1) is 23.3. The molecule has 4 atom stereocenters. The Morgan fingerprint density at radius 1 is 1.15 bits per heavy atom. The maximum Gasteiger partial charge on any atom is 0.274 e. The van der Waals surface area contributed by atoms with Crippen LogP contribution in [0.4, 0.5) is 5.69 Å². The number of hydrogen-bond donors (Lipinski definition) is 3. The molecule has 0 spiro atoms. The lowest BCUT2D eigenvalue weighted by atomic mass is 9.62. The minimum atomic E-state index is -0.285. The summed E-state index contributed by atoms with van der Waals surface area (Å²) in [6, 6.07) is 15.2. The molecule has 2 aromatic carbocycles. The molecular formula is C41H50N4O2S. The number of benzene rings is 2. The maximum absolute atomic E-state index is 14.5. The first-order valence-electron chi connectivity index (χ1n) is 18.1. The van der Waals surface area contributed by atoms with Gasteiger partial charge in [-0.2, -0.15) is 0 Å². The summed E-state index contributed by atoms with van der Waals surface area (Å²) >= 11 is 1.35. The van der Waals surface area contributed by atoms with Crippen LogP contribution in [0, 0.1) is 30.1 Å². The number of amides is 1. The lowest BCUT2D eigenvalue weighted by Gasteiger charge is -2.48. The lowest BCUT2D eigenvalue weighted by Crippen LogP contribution is -2.48. The second kappa shape index (κ2) is 13.7. The number of H-pyrrole nitrogens is 1. The Morgan fingerprint density at radius 2 is 1.92 bits per heavy atom. The van der Waals surface area contributed by atoms with Crippen LogP contribution >= 0.6 is 11.3 Å². The number of hydrogen-bond acceptors (Lipinski definition) is 5. The number of aliphatic hydroxyl groups excluding tert-OH is 1. The Balaban J connectivity index is 1.27. The van der Waals surface area contributed by atoms with Gasteiger partial charge in [0, 0.05) is 45.9 Å². The molecular weight excluding hydrogens is 613 g/mol. The number of carbonyl (C=O) groups excluding carboxylic acids is 1. The second-order valence-corrected chi connectivity index (χ2v) is 16.1. The van der Waals surface area contributed by atoms with Gasteiger partial charge in [-0.3, -0.25) is 4.79 Å². The zero-order valence-corrected chi connectivity index (χ0v) is 29.5. The van der Waals surface area contributed by atoms with Crippen LogP contribution in [-0.4, -0.2) is 44.1 Å². The lowest BCUT2D eigenvalue weighted by molar-refractivity contribution is 0.0557. The third-order valence-electron chi connectivity index (χ3n) is 11.3. The highest BCUT2D eigenvalue weighted by atomic mass is 32.1. The molecule has 48 heavy (non-hydrogen) atoms. The Labute approximate surface area is 289 Å². The van der Waals surface area contributed by atoms with E-state index in [0.29, 0.717) is 10.7 Å². The van der Waals surface area contributed by atoms with E-state index in [0.717, 1.165) is 78.7 Å². The number of aromatic nitrogens is 2. The molecule has 0 radical (unpaired) electrons. The molecule has 1 aliphatic heterocycles. The molecule has 2 fully saturated rings. The number of unbranched alkanes of at least 4 members (excludes halogenated alkanes) is 1. The van der Waals surface area contributed by atoms with Crippen molar-refractivity contribution in [2.45, 2.75) is 109 Å². The van der Waals surface area contributed by atoms with Gasteiger partial charge < -0.3 is 20.3 Å². The average Bonchev–Trinajstić information content (AvgIpc) is 3.70. The van der Waals surface area contributed by atoms with Crippen molar-refractivity contribution in [1.29, 1.82) is 0 Å². The predicted molar refractivity (Wildman–Crippen MR) is 196 cm³/mol. The van der Waals surface area contributed by atoms with Gasteiger partial charge in [0.05, 0.1) is 6.04 Å². The number of carbonyl (C=O) groups is 1. The summed E-state index contributed by atoms with van der Waals surface area (Å²) < 4.78 is 0. The van der Waals surface area contributed by atoms with Crippen molar-refractivity contribution in [2.75, 3.05) is 11.9 Å². The van der Waals surface area contributed by atoms with E-state index >= 15 is 0 Å². The van der Waals surface area contributed by atoms with Gasteiger partial charge in [-0.05, 0) is 129 Å². The highest BCUT2D eigenvalue weighted by Gasteiger charge is 2.43. The Kier molecular flexibility index (Phi) is 9.41. The molecule has 1 amide bonds. The number of terminal acetylenes is 1. The quantitative estimate of drug-likeness (QED) is 0.148. The minimum absolute atomic E-state index is 0.0202. The summed E-state index contributed by atoms with van der Waals surface area (Å²) in [5.41, 5.74) is 7.47. The number of aromatic amines is 1. The van der Waals surface area contributed by atoms with Crippen LogP contribution in [0.3, 0.4) is 0 Å². The van der Waals surface area contributed by atoms with Crippen LogP contribution in [0.1, 0.15) is 122 Å². The predicted octanol–water partition coefficient (Wildman–Crippen LogP) is 8.89. The molecule has 0 saturated heterocycles. The monoisotopic (exact) mass is 662 g/mol. The molecule has 3 N–H and O–H groups in total. The van der Waals surface area contributed by atoms with Gasteiger partial charge in [-0.25, -0.2) is 4.98 Å². The van der Waals surface area contributed by atoms with Gasteiger partial charge >= 0.3 is 0 Å². The number of nitrogens with zero attached hydrogens (tertiary/aromatic N) is 2. The Hall–Kier alpha value is -3.60. The van der Waals surface area contributed by atoms with Crippen molar-refractivity contribution >= 4 is 33.8 Å². The van der Waals surface area contributed by atoms with E-state index in [9.17, 15) is 9.90 Å². The third kappa shape index (κ3) is 6.54. The molecule has 6 nitrogen and oxygen atoms in total. The average molecular weight is 663 g/mol. The SMILES string of the molecule is C#Cc1nc(C(=O)N2C(CCCC)Cc3c([nH]c4ccc(CCCO)cc34)C2c2ccc(NC3(C)CC4CC(C)CC(C4)C3)cc2)cs1. The zero-order chi connectivity index (χ0) is 33.4. The van der Waals surface area contributed by atoms with Crippen molar-refractivity contribution < 1.29 is 9.90 Å². The molecule has 7 rings (SSSR count). The highest BCUT2D eigenvalue weighted by Crippen LogP contribution is 2.48. The minimum Gasteiger partial charge on any atom is -0.396 e. The van der Waals surface area contributed by atoms with E-state index in [1.54, 1.807) is 0 Å². The molecule has 3 heterocycles. The van der Waals surface area contributed by atoms with Crippen LogP contribution in [0.15, 0.2) is 47.8 Å². The van der Waals surface area contributed by atoms with E-state index in [1.165, 1.54) is 60.0 Å². The summed E-state index contributed by atoms with van der Waals surface area (Å²) in [6.45, 7) is 7.24. The number of rotatable bonds is 10. The van der Waals surface area contributed by atoms with E-state index in [-0.39, 0.29) is 30.1 Å². The fourth-order valence-corrected chi connectivity index (χ4v) is 10.1. The summed E-state index contributed by atoms with van der Waals surface area (Å²) in [4.78, 5) is 25.0. The Bertz CT molecular complexity index is 1780. The molecule has 2 aliphatic carbocycles. The molecule has 7 heteroatoms. The maximum atomic E-state index is 14.5. The standard InChI is InChI=1S/C41H50N4O2S/c1-5-7-10-32-22-34-33-21-27(9-8-17-46)11-16-35(33)43-38(34)39(45(32)40(47)36-25-48-37(6-2)42-36)30-12-14-31(15-13-30)44-41(4)23-28-18-26(3)19-29(20-28)24-41/h2,11-16,21,25-26,28-29,32,39,43-44,46H,5,7-10,17-20,22-24H2,1,3-4H3. The first-order valence-corrected chi connectivity index (χ1v) is 19.0. The van der Waals surface area contributed by atoms with Gasteiger partial charge in [0.25, 0.3) is 5.91 Å². The smallest absolute Gasteiger partial charge is 0.274 e. The Morgan fingerprint density at radius 3 is 2.60 bits per heavy atom. The van der Waals surface area contributed by atoms with Crippen LogP contribution in [0.5, 0.6) is 0 Å². The zero-order valence-electron chi connectivity index (χ0n) is 28.7. The molecule has 252 valence electrons. The van der Waals surface area contributed by atoms with Crippen molar-refractivity contribution in [3.63, 3.8) is 0 Å². The van der Waals surface area contributed by atoms with Gasteiger partial charge in [-0.1, -0.05) is 44.9 Å². The highest BCUT2D eigenvalue weighted by molar-refractivity contribution is 7.10. The summed E-state index contributed by atoms with van der Waals surface area (Å²) in [6.07, 6.45) is 17.6. The van der Waals surface area contributed by atoms with Crippen molar-refractivity contribution in [3.8, 4) is 12.3 Å². The summed E-state index contributed by atoms with van der Waals surface area (Å²) in [5.74, 6) is 5.03. The second-order valence-electron chi connectivity index (χ2n) is 15.3. The van der Waals surface area contributed by atoms with Crippen molar-refractivity contribution in [3.05, 3.63) is 80.9 Å². The van der Waals surface area contributed by atoms with E-state index in [2.05, 4.69) is 89.3 Å². The van der Waals surface area contributed by atoms with Crippen LogP contribution in [0.25, 0.3) is 10.9 Å².